The van der Waals surface area contributed by atoms with Gasteiger partial charge in [0.15, 0.2) is 0 Å². The standard InChI is InChI=1S/C20H18Cl2N2O3S2/c1-13-9-19(18(22)11-17(13)21)29(26,27)24-15-6-4-14(5-7-15)10-20(25)23-12-16-3-2-8-28-16/h2-9,11,24H,10,12H2,1H3,(H,23,25). The molecule has 3 aromatic rings. The molecule has 0 spiro atoms. The van der Waals surface area contributed by atoms with Crippen LogP contribution in [0.25, 0.3) is 0 Å². The number of carbonyl (C=O) groups excluding carboxylic acids is 1. The number of carbonyl (C=O) groups is 1. The van der Waals surface area contributed by atoms with Crippen LogP contribution in [0.1, 0.15) is 16.0 Å². The molecule has 0 atom stereocenters. The van der Waals surface area contributed by atoms with E-state index in [4.69, 9.17) is 23.2 Å². The molecule has 1 aromatic heterocycles. The van der Waals surface area contributed by atoms with Crippen molar-refractivity contribution < 1.29 is 13.2 Å². The van der Waals surface area contributed by atoms with Crippen LogP contribution in [0.5, 0.6) is 0 Å². The second kappa shape index (κ2) is 9.17. The number of rotatable bonds is 7. The van der Waals surface area contributed by atoms with E-state index in [0.717, 1.165) is 10.4 Å². The molecular weight excluding hydrogens is 451 g/mol. The molecule has 1 heterocycles. The lowest BCUT2D eigenvalue weighted by Gasteiger charge is -2.11. The van der Waals surface area contributed by atoms with Gasteiger partial charge in [0.25, 0.3) is 10.0 Å². The van der Waals surface area contributed by atoms with Crippen LogP contribution < -0.4 is 10.0 Å². The number of hydrogen-bond donors (Lipinski definition) is 2. The van der Waals surface area contributed by atoms with Gasteiger partial charge in [0, 0.05) is 15.6 Å². The number of halogens is 2. The van der Waals surface area contributed by atoms with Crippen molar-refractivity contribution in [3.8, 4) is 0 Å². The van der Waals surface area contributed by atoms with E-state index in [1.807, 2.05) is 17.5 Å². The molecule has 0 fully saturated rings. The van der Waals surface area contributed by atoms with Crippen molar-refractivity contribution >= 4 is 56.2 Å². The highest BCUT2D eigenvalue weighted by Crippen LogP contribution is 2.29. The van der Waals surface area contributed by atoms with Gasteiger partial charge in [-0.2, -0.15) is 0 Å². The molecule has 0 radical (unpaired) electrons. The molecule has 0 saturated heterocycles. The molecule has 0 saturated carbocycles. The maximum absolute atomic E-state index is 12.6. The minimum atomic E-state index is -3.87. The molecule has 0 bridgehead atoms. The van der Waals surface area contributed by atoms with Gasteiger partial charge in [-0.25, -0.2) is 8.42 Å². The summed E-state index contributed by atoms with van der Waals surface area (Å²) in [4.78, 5) is 13.1. The molecule has 3 rings (SSSR count). The maximum Gasteiger partial charge on any atom is 0.263 e. The van der Waals surface area contributed by atoms with Crippen molar-refractivity contribution in [2.75, 3.05) is 4.72 Å². The van der Waals surface area contributed by atoms with E-state index in [9.17, 15) is 13.2 Å². The number of benzene rings is 2. The minimum Gasteiger partial charge on any atom is -0.351 e. The molecule has 2 aromatic carbocycles. The Hall–Kier alpha value is -2.06. The van der Waals surface area contributed by atoms with Crippen molar-refractivity contribution in [3.63, 3.8) is 0 Å². The summed E-state index contributed by atoms with van der Waals surface area (Å²) in [5, 5.41) is 5.26. The third-order valence-corrected chi connectivity index (χ3v) is 7.24. The van der Waals surface area contributed by atoms with Gasteiger partial charge in [-0.3, -0.25) is 9.52 Å². The van der Waals surface area contributed by atoms with Crippen LogP contribution in [0.3, 0.4) is 0 Å². The van der Waals surface area contributed by atoms with Crippen LogP contribution >= 0.6 is 34.5 Å². The fourth-order valence-electron chi connectivity index (χ4n) is 2.58. The Balaban J connectivity index is 1.64. The molecule has 5 nitrogen and oxygen atoms in total. The number of nitrogens with one attached hydrogen (secondary N) is 2. The molecule has 0 aliphatic carbocycles. The summed E-state index contributed by atoms with van der Waals surface area (Å²) in [7, 11) is -3.87. The first-order chi connectivity index (χ1) is 13.7. The Kier molecular flexibility index (Phi) is 6.85. The van der Waals surface area contributed by atoms with E-state index >= 15 is 0 Å². The quantitative estimate of drug-likeness (QED) is 0.510. The molecule has 0 unspecified atom stereocenters. The fourth-order valence-corrected chi connectivity index (χ4v) is 5.12. The Morgan fingerprint density at radius 2 is 1.79 bits per heavy atom. The van der Waals surface area contributed by atoms with Crippen LogP contribution in [0.15, 0.2) is 58.8 Å². The lowest BCUT2D eigenvalue weighted by Crippen LogP contribution is -2.24. The highest BCUT2D eigenvalue weighted by molar-refractivity contribution is 7.92. The van der Waals surface area contributed by atoms with Crippen LogP contribution in [-0.4, -0.2) is 14.3 Å². The zero-order valence-electron chi connectivity index (χ0n) is 15.4. The third kappa shape index (κ3) is 5.73. The van der Waals surface area contributed by atoms with Gasteiger partial charge in [-0.15, -0.1) is 11.3 Å². The van der Waals surface area contributed by atoms with E-state index in [-0.39, 0.29) is 22.2 Å². The topological polar surface area (TPSA) is 75.3 Å². The second-order valence-corrected chi connectivity index (χ2v) is 9.86. The van der Waals surface area contributed by atoms with Crippen molar-refractivity contribution in [1.82, 2.24) is 5.32 Å². The number of amides is 1. The smallest absolute Gasteiger partial charge is 0.263 e. The normalized spacial score (nSPS) is 11.3. The third-order valence-electron chi connectivity index (χ3n) is 4.11. The Labute approximate surface area is 183 Å². The highest BCUT2D eigenvalue weighted by Gasteiger charge is 2.19. The summed E-state index contributed by atoms with van der Waals surface area (Å²) in [6.07, 6.45) is 0.209. The van der Waals surface area contributed by atoms with Crippen LogP contribution in [0, 0.1) is 6.92 Å². The summed E-state index contributed by atoms with van der Waals surface area (Å²) in [5.74, 6) is -0.102. The number of hydrogen-bond acceptors (Lipinski definition) is 4. The van der Waals surface area contributed by atoms with Crippen molar-refractivity contribution in [2.45, 2.75) is 24.8 Å². The van der Waals surface area contributed by atoms with E-state index in [1.165, 1.54) is 12.1 Å². The molecular formula is C20H18Cl2N2O3S2. The average Bonchev–Trinajstić information content (AvgIpc) is 3.18. The largest absolute Gasteiger partial charge is 0.351 e. The zero-order chi connectivity index (χ0) is 21.0. The van der Waals surface area contributed by atoms with Crippen molar-refractivity contribution in [2.24, 2.45) is 0 Å². The number of anilines is 1. The van der Waals surface area contributed by atoms with E-state index in [1.54, 1.807) is 42.5 Å². The molecule has 152 valence electrons. The SMILES string of the molecule is Cc1cc(S(=O)(=O)Nc2ccc(CC(=O)NCc3cccs3)cc2)c(Cl)cc1Cl. The molecule has 1 amide bonds. The molecule has 9 heteroatoms. The fraction of sp³-hybridized carbons (Fsp3) is 0.150. The number of aryl methyl sites for hydroxylation is 1. The monoisotopic (exact) mass is 468 g/mol. The van der Waals surface area contributed by atoms with Crippen LogP contribution in [0.2, 0.25) is 10.0 Å². The van der Waals surface area contributed by atoms with Gasteiger partial charge >= 0.3 is 0 Å². The van der Waals surface area contributed by atoms with Gasteiger partial charge in [0.2, 0.25) is 5.91 Å². The van der Waals surface area contributed by atoms with E-state index in [2.05, 4.69) is 10.0 Å². The molecule has 0 aliphatic heterocycles. The summed E-state index contributed by atoms with van der Waals surface area (Å²) in [6, 6.07) is 13.4. The van der Waals surface area contributed by atoms with Gasteiger partial charge in [0.1, 0.15) is 4.90 Å². The Morgan fingerprint density at radius 1 is 1.07 bits per heavy atom. The van der Waals surface area contributed by atoms with E-state index in [0.29, 0.717) is 22.8 Å². The summed E-state index contributed by atoms with van der Waals surface area (Å²) < 4.78 is 27.8. The van der Waals surface area contributed by atoms with Crippen LogP contribution in [-0.2, 0) is 27.8 Å². The Bertz CT molecular complexity index is 1110. The zero-order valence-corrected chi connectivity index (χ0v) is 18.6. The predicted octanol–water partition coefficient (Wildman–Crippen LogP) is 5.02. The molecule has 29 heavy (non-hydrogen) atoms. The van der Waals surface area contributed by atoms with Crippen molar-refractivity contribution in [3.05, 3.63) is 80.0 Å². The summed E-state index contributed by atoms with van der Waals surface area (Å²) >= 11 is 13.6. The first-order valence-electron chi connectivity index (χ1n) is 8.61. The molecule has 2 N–H and O–H groups in total. The maximum atomic E-state index is 12.6. The van der Waals surface area contributed by atoms with Crippen LogP contribution in [0.4, 0.5) is 5.69 Å². The van der Waals surface area contributed by atoms with Gasteiger partial charge < -0.3 is 5.32 Å². The highest BCUT2D eigenvalue weighted by atomic mass is 35.5. The lowest BCUT2D eigenvalue weighted by molar-refractivity contribution is -0.120. The van der Waals surface area contributed by atoms with Gasteiger partial charge in [-0.05, 0) is 53.8 Å². The number of sulfonamides is 1. The first-order valence-corrected chi connectivity index (χ1v) is 11.7. The van der Waals surface area contributed by atoms with Gasteiger partial charge in [0.05, 0.1) is 18.0 Å². The Morgan fingerprint density at radius 3 is 2.45 bits per heavy atom. The predicted molar refractivity (Wildman–Crippen MR) is 118 cm³/mol. The lowest BCUT2D eigenvalue weighted by atomic mass is 10.1. The summed E-state index contributed by atoms with van der Waals surface area (Å²) in [5.41, 5.74) is 1.76. The van der Waals surface area contributed by atoms with Crippen molar-refractivity contribution in [1.29, 1.82) is 0 Å². The first kappa shape index (κ1) is 21.6. The average molecular weight is 469 g/mol. The molecule has 0 aliphatic rings. The minimum absolute atomic E-state index is 0.0434. The summed E-state index contributed by atoms with van der Waals surface area (Å²) in [6.45, 7) is 2.20. The second-order valence-electron chi connectivity index (χ2n) is 6.37. The van der Waals surface area contributed by atoms with Gasteiger partial charge in [-0.1, -0.05) is 41.4 Å². The number of thiophene rings is 1. The van der Waals surface area contributed by atoms with E-state index < -0.39 is 10.0 Å².